The van der Waals surface area contributed by atoms with Crippen LogP contribution in [0.2, 0.25) is 0 Å². The summed E-state index contributed by atoms with van der Waals surface area (Å²) in [5.74, 6) is 0.742. The molecule has 1 fully saturated rings. The number of hydrogen-bond donors (Lipinski definition) is 1. The Labute approximate surface area is 129 Å². The van der Waals surface area contributed by atoms with Crippen molar-refractivity contribution in [3.8, 4) is 0 Å². The first kappa shape index (κ1) is 16.5. The maximum Gasteiger partial charge on any atom is 0.0759 e. The van der Waals surface area contributed by atoms with Crippen LogP contribution in [-0.4, -0.2) is 21.5 Å². The van der Waals surface area contributed by atoms with Gasteiger partial charge in [-0.05, 0) is 38.1 Å². The molecule has 2 rings (SSSR count). The number of aromatic nitrogens is 3. The van der Waals surface area contributed by atoms with E-state index < -0.39 is 0 Å². The maximum atomic E-state index is 4.30. The Morgan fingerprint density at radius 2 is 1.86 bits per heavy atom. The molecule has 0 amide bonds. The molecule has 1 aliphatic carbocycles. The van der Waals surface area contributed by atoms with Gasteiger partial charge < -0.3 is 5.32 Å². The molecule has 1 aromatic heterocycles. The molecular weight excluding hydrogens is 260 g/mol. The van der Waals surface area contributed by atoms with Gasteiger partial charge in [0.1, 0.15) is 0 Å². The van der Waals surface area contributed by atoms with Gasteiger partial charge in [-0.1, -0.05) is 51.2 Å². The van der Waals surface area contributed by atoms with Crippen molar-refractivity contribution in [1.29, 1.82) is 0 Å². The highest BCUT2D eigenvalue weighted by Crippen LogP contribution is 2.32. The van der Waals surface area contributed by atoms with Crippen molar-refractivity contribution >= 4 is 0 Å². The highest BCUT2D eigenvalue weighted by Gasteiger charge is 2.26. The fraction of sp³-hybridized carbons (Fsp3) is 0.882. The lowest BCUT2D eigenvalue weighted by Crippen LogP contribution is -2.31. The highest BCUT2D eigenvalue weighted by molar-refractivity contribution is 5.05. The predicted octanol–water partition coefficient (Wildman–Crippen LogP) is 4.09. The van der Waals surface area contributed by atoms with E-state index >= 15 is 0 Å². The van der Waals surface area contributed by atoms with Crippen LogP contribution >= 0.6 is 0 Å². The Morgan fingerprint density at radius 3 is 2.52 bits per heavy atom. The summed E-state index contributed by atoms with van der Waals surface area (Å²) in [5, 5.41) is 12.3. The molecule has 120 valence electrons. The summed E-state index contributed by atoms with van der Waals surface area (Å²) >= 11 is 0. The zero-order chi connectivity index (χ0) is 14.9. The molecule has 1 atom stereocenters. The van der Waals surface area contributed by atoms with Crippen LogP contribution in [0.1, 0.15) is 83.4 Å². The van der Waals surface area contributed by atoms with Gasteiger partial charge in [-0.3, -0.25) is 0 Å². The number of hydrogen-bond acceptors (Lipinski definition) is 3. The molecule has 1 aliphatic rings. The third kappa shape index (κ3) is 4.80. The molecule has 1 saturated carbocycles. The summed E-state index contributed by atoms with van der Waals surface area (Å²) in [5.41, 5.74) is 1.30. The Bertz CT molecular complexity index is 380. The summed E-state index contributed by atoms with van der Waals surface area (Å²) in [6.07, 6.45) is 14.0. The molecule has 4 nitrogen and oxygen atoms in total. The van der Waals surface area contributed by atoms with Gasteiger partial charge in [-0.25, -0.2) is 4.68 Å². The first-order chi connectivity index (χ1) is 10.4. The minimum Gasteiger partial charge on any atom is -0.308 e. The van der Waals surface area contributed by atoms with E-state index in [1.165, 1.54) is 57.1 Å². The van der Waals surface area contributed by atoms with Crippen LogP contribution in [0.5, 0.6) is 0 Å². The van der Waals surface area contributed by atoms with Gasteiger partial charge in [0.05, 0.1) is 17.9 Å². The van der Waals surface area contributed by atoms with Crippen LogP contribution in [0.25, 0.3) is 0 Å². The van der Waals surface area contributed by atoms with Gasteiger partial charge in [-0.2, -0.15) is 0 Å². The fourth-order valence-electron chi connectivity index (χ4n) is 3.53. The summed E-state index contributed by atoms with van der Waals surface area (Å²) < 4.78 is 2.12. The van der Waals surface area contributed by atoms with Crippen molar-refractivity contribution in [3.63, 3.8) is 0 Å². The Kier molecular flexibility index (Phi) is 7.20. The van der Waals surface area contributed by atoms with Crippen LogP contribution in [0, 0.1) is 5.92 Å². The van der Waals surface area contributed by atoms with Gasteiger partial charge in [0, 0.05) is 6.54 Å². The molecule has 1 N–H and O–H groups in total. The number of aryl methyl sites for hydroxylation is 1. The van der Waals surface area contributed by atoms with Gasteiger partial charge >= 0.3 is 0 Å². The quantitative estimate of drug-likeness (QED) is 0.823. The molecule has 1 heterocycles. The largest absolute Gasteiger partial charge is 0.308 e. The summed E-state index contributed by atoms with van der Waals surface area (Å²) in [6, 6.07) is 0.435. The molecule has 0 radical (unpaired) electrons. The predicted molar refractivity (Wildman–Crippen MR) is 87.2 cm³/mol. The molecule has 0 aromatic carbocycles. The van der Waals surface area contributed by atoms with Crippen molar-refractivity contribution in [2.45, 2.75) is 84.2 Å². The second kappa shape index (κ2) is 9.19. The van der Waals surface area contributed by atoms with E-state index in [-0.39, 0.29) is 0 Å². The standard InChI is InChI=1S/C17H32N4/c1-3-12-18-17(15-10-8-6-5-7-9-11-15)16-14-19-20-21(16)13-4-2/h14-15,17-18H,3-13H2,1-2H3. The fourth-order valence-corrected chi connectivity index (χ4v) is 3.53. The highest BCUT2D eigenvalue weighted by atomic mass is 15.4. The average molecular weight is 292 g/mol. The molecular formula is C17H32N4. The molecule has 1 aromatic rings. The third-order valence-electron chi connectivity index (χ3n) is 4.64. The van der Waals surface area contributed by atoms with E-state index in [2.05, 4.69) is 34.2 Å². The van der Waals surface area contributed by atoms with E-state index in [1.54, 1.807) is 0 Å². The molecule has 0 bridgehead atoms. The number of rotatable bonds is 7. The van der Waals surface area contributed by atoms with E-state index in [0.717, 1.165) is 25.4 Å². The van der Waals surface area contributed by atoms with E-state index in [4.69, 9.17) is 0 Å². The molecule has 0 saturated heterocycles. The van der Waals surface area contributed by atoms with Crippen LogP contribution in [0.15, 0.2) is 6.20 Å². The van der Waals surface area contributed by atoms with Gasteiger partial charge in [0.25, 0.3) is 0 Å². The van der Waals surface area contributed by atoms with Gasteiger partial charge in [0.2, 0.25) is 0 Å². The van der Waals surface area contributed by atoms with Crippen LogP contribution in [0.3, 0.4) is 0 Å². The van der Waals surface area contributed by atoms with Crippen molar-refractivity contribution in [2.24, 2.45) is 5.92 Å². The molecule has 4 heteroatoms. The lowest BCUT2D eigenvalue weighted by atomic mass is 9.84. The van der Waals surface area contributed by atoms with Crippen LogP contribution in [0.4, 0.5) is 0 Å². The van der Waals surface area contributed by atoms with E-state index in [0.29, 0.717) is 6.04 Å². The second-order valence-corrected chi connectivity index (χ2v) is 6.42. The van der Waals surface area contributed by atoms with Crippen molar-refractivity contribution < 1.29 is 0 Å². The monoisotopic (exact) mass is 292 g/mol. The van der Waals surface area contributed by atoms with E-state index in [1.807, 2.05) is 6.20 Å². The molecule has 0 spiro atoms. The zero-order valence-corrected chi connectivity index (χ0v) is 13.9. The lowest BCUT2D eigenvalue weighted by molar-refractivity contribution is 0.276. The first-order valence-corrected chi connectivity index (χ1v) is 8.98. The maximum absolute atomic E-state index is 4.30. The Morgan fingerprint density at radius 1 is 1.14 bits per heavy atom. The lowest BCUT2D eigenvalue weighted by Gasteiger charge is -2.30. The Hall–Kier alpha value is -0.900. The summed E-state index contributed by atoms with van der Waals surface area (Å²) in [4.78, 5) is 0. The van der Waals surface area contributed by atoms with Crippen molar-refractivity contribution in [1.82, 2.24) is 20.3 Å². The Balaban J connectivity index is 2.13. The first-order valence-electron chi connectivity index (χ1n) is 8.98. The normalized spacial score (nSPS) is 19.1. The minimum absolute atomic E-state index is 0.435. The summed E-state index contributed by atoms with van der Waals surface area (Å²) in [7, 11) is 0. The third-order valence-corrected chi connectivity index (χ3v) is 4.64. The number of nitrogens with one attached hydrogen (secondary N) is 1. The van der Waals surface area contributed by atoms with Crippen LogP contribution < -0.4 is 5.32 Å². The van der Waals surface area contributed by atoms with Crippen molar-refractivity contribution in [3.05, 3.63) is 11.9 Å². The number of nitrogens with zero attached hydrogens (tertiary/aromatic N) is 3. The average Bonchev–Trinajstić information content (AvgIpc) is 2.89. The molecule has 1 unspecified atom stereocenters. The van der Waals surface area contributed by atoms with Crippen LogP contribution in [-0.2, 0) is 6.54 Å². The second-order valence-electron chi connectivity index (χ2n) is 6.42. The topological polar surface area (TPSA) is 42.7 Å². The smallest absolute Gasteiger partial charge is 0.0759 e. The SMILES string of the molecule is CCCNC(c1cnnn1CCC)C1CCCCCCC1. The molecule has 0 aliphatic heterocycles. The van der Waals surface area contributed by atoms with Gasteiger partial charge in [0.15, 0.2) is 0 Å². The van der Waals surface area contributed by atoms with Crippen molar-refractivity contribution in [2.75, 3.05) is 6.54 Å². The minimum atomic E-state index is 0.435. The van der Waals surface area contributed by atoms with Gasteiger partial charge in [-0.15, -0.1) is 5.10 Å². The summed E-state index contributed by atoms with van der Waals surface area (Å²) in [6.45, 7) is 6.50. The molecule has 21 heavy (non-hydrogen) atoms. The van der Waals surface area contributed by atoms with E-state index in [9.17, 15) is 0 Å². The zero-order valence-electron chi connectivity index (χ0n) is 13.9.